The van der Waals surface area contributed by atoms with Crippen LogP contribution in [-0.2, 0) is 22.4 Å². The fourth-order valence-electron chi connectivity index (χ4n) is 4.28. The molecule has 2 aliphatic rings. The Morgan fingerprint density at radius 1 is 0.903 bits per heavy atom. The predicted molar refractivity (Wildman–Crippen MR) is 107 cm³/mol. The number of aliphatic carboxylic acids is 2. The van der Waals surface area contributed by atoms with Crippen LogP contribution < -0.4 is 23.7 Å². The van der Waals surface area contributed by atoms with Gasteiger partial charge in [-0.05, 0) is 47.7 Å². The second-order valence-electron chi connectivity index (χ2n) is 7.41. The van der Waals surface area contributed by atoms with Crippen molar-refractivity contribution in [1.82, 2.24) is 0 Å². The molecule has 164 valence electrons. The number of carboxylic acid groups (broad SMARTS) is 2. The van der Waals surface area contributed by atoms with Gasteiger partial charge in [0.25, 0.3) is 0 Å². The third-order valence-electron chi connectivity index (χ3n) is 5.91. The quantitative estimate of drug-likeness (QED) is 0.690. The molecule has 9 nitrogen and oxygen atoms in total. The van der Waals surface area contributed by atoms with Crippen LogP contribution >= 0.6 is 0 Å². The molecule has 0 atom stereocenters. The highest BCUT2D eigenvalue weighted by Crippen LogP contribution is 2.52. The van der Waals surface area contributed by atoms with E-state index in [-0.39, 0.29) is 26.1 Å². The van der Waals surface area contributed by atoms with Gasteiger partial charge in [0.2, 0.25) is 12.5 Å². The van der Waals surface area contributed by atoms with Gasteiger partial charge in [-0.15, -0.1) is 0 Å². The molecule has 31 heavy (non-hydrogen) atoms. The van der Waals surface area contributed by atoms with Crippen LogP contribution in [-0.4, -0.2) is 50.3 Å². The van der Waals surface area contributed by atoms with Gasteiger partial charge in [0.05, 0.1) is 21.3 Å². The van der Waals surface area contributed by atoms with Gasteiger partial charge in [-0.2, -0.15) is 0 Å². The summed E-state index contributed by atoms with van der Waals surface area (Å²) in [5.41, 5.74) is 0.441. The largest absolute Gasteiger partial charge is 0.493 e. The molecular formula is C22H22O9. The van der Waals surface area contributed by atoms with Crippen LogP contribution in [0.3, 0.4) is 0 Å². The maximum absolute atomic E-state index is 12.2. The van der Waals surface area contributed by atoms with E-state index in [9.17, 15) is 19.8 Å². The SMILES string of the molecule is COc1cc2c(c(OC)c1OC)-c1cc3c(cc1CCC(C(=O)O)(C(=O)O)C2)OCO3. The number of methoxy groups -OCH3 is 3. The van der Waals surface area contributed by atoms with E-state index in [0.29, 0.717) is 39.9 Å². The molecule has 1 aliphatic carbocycles. The highest BCUT2D eigenvalue weighted by Gasteiger charge is 2.48. The van der Waals surface area contributed by atoms with E-state index < -0.39 is 17.4 Å². The lowest BCUT2D eigenvalue weighted by Crippen LogP contribution is -2.42. The first-order chi connectivity index (χ1) is 14.9. The van der Waals surface area contributed by atoms with Crippen LogP contribution in [0.15, 0.2) is 18.2 Å². The minimum atomic E-state index is -2.02. The zero-order valence-electron chi connectivity index (χ0n) is 17.3. The molecular weight excluding hydrogens is 408 g/mol. The predicted octanol–water partition coefficient (Wildman–Crippen LogP) is 2.75. The normalized spacial score (nSPS) is 15.7. The number of hydrogen-bond donors (Lipinski definition) is 2. The minimum absolute atomic E-state index is 0.0718. The third kappa shape index (κ3) is 3.08. The summed E-state index contributed by atoms with van der Waals surface area (Å²) in [4.78, 5) is 24.4. The minimum Gasteiger partial charge on any atom is -0.493 e. The molecule has 0 radical (unpaired) electrons. The van der Waals surface area contributed by atoms with Crippen molar-refractivity contribution in [2.45, 2.75) is 19.3 Å². The summed E-state index contributed by atoms with van der Waals surface area (Å²) in [5.74, 6) is -0.771. The molecule has 2 N–H and O–H groups in total. The molecule has 0 bridgehead atoms. The molecule has 0 saturated heterocycles. The first-order valence-electron chi connectivity index (χ1n) is 9.57. The summed E-state index contributed by atoms with van der Waals surface area (Å²) < 4.78 is 27.6. The Kier molecular flexibility index (Phi) is 5.04. The van der Waals surface area contributed by atoms with E-state index in [1.165, 1.54) is 21.3 Å². The highest BCUT2D eigenvalue weighted by molar-refractivity contribution is 5.99. The van der Waals surface area contributed by atoms with E-state index in [2.05, 4.69) is 0 Å². The van der Waals surface area contributed by atoms with Crippen LogP contribution in [0.25, 0.3) is 11.1 Å². The number of fused-ring (bicyclic) bond motifs is 4. The molecule has 0 saturated carbocycles. The highest BCUT2D eigenvalue weighted by atomic mass is 16.7. The Bertz CT molecular complexity index is 1060. The number of benzene rings is 2. The molecule has 0 spiro atoms. The summed E-state index contributed by atoms with van der Waals surface area (Å²) >= 11 is 0. The number of ether oxygens (including phenoxy) is 5. The lowest BCUT2D eigenvalue weighted by molar-refractivity contribution is -0.165. The Labute approximate surface area is 178 Å². The summed E-state index contributed by atoms with van der Waals surface area (Å²) in [6.07, 6.45) is -0.139. The summed E-state index contributed by atoms with van der Waals surface area (Å²) in [6, 6.07) is 5.17. The van der Waals surface area contributed by atoms with Gasteiger partial charge in [-0.1, -0.05) is 0 Å². The Morgan fingerprint density at radius 2 is 1.55 bits per heavy atom. The van der Waals surface area contributed by atoms with Gasteiger partial charge in [-0.3, -0.25) is 9.59 Å². The van der Waals surface area contributed by atoms with Gasteiger partial charge in [0.15, 0.2) is 28.4 Å². The maximum Gasteiger partial charge on any atom is 0.321 e. The van der Waals surface area contributed by atoms with Crippen molar-refractivity contribution in [2.24, 2.45) is 5.41 Å². The van der Waals surface area contributed by atoms with Gasteiger partial charge in [-0.25, -0.2) is 0 Å². The molecule has 2 aromatic carbocycles. The topological polar surface area (TPSA) is 121 Å². The summed E-state index contributed by atoms with van der Waals surface area (Å²) in [5, 5.41) is 19.9. The van der Waals surface area contributed by atoms with Crippen molar-refractivity contribution in [3.63, 3.8) is 0 Å². The number of hydrogen-bond acceptors (Lipinski definition) is 7. The average Bonchev–Trinajstić information content (AvgIpc) is 3.20. The number of carboxylic acids is 2. The third-order valence-corrected chi connectivity index (χ3v) is 5.91. The van der Waals surface area contributed by atoms with Crippen LogP contribution in [0.4, 0.5) is 0 Å². The van der Waals surface area contributed by atoms with Gasteiger partial charge < -0.3 is 33.9 Å². The molecule has 0 amide bonds. The van der Waals surface area contributed by atoms with Crippen molar-refractivity contribution in [3.8, 4) is 39.9 Å². The fraction of sp³-hybridized carbons (Fsp3) is 0.364. The van der Waals surface area contributed by atoms with Crippen LogP contribution in [0, 0.1) is 5.41 Å². The standard InChI is InChI=1S/C22H22O9/c1-27-16-7-12-9-22(20(23)24,21(25)26)5-4-11-6-14-15(31-10-30-14)8-13(11)17(12)19(29-3)18(16)28-2/h6-8H,4-5,9-10H2,1-3H3,(H,23,24)(H,25,26). The Hall–Kier alpha value is -3.62. The van der Waals surface area contributed by atoms with Crippen LogP contribution in [0.1, 0.15) is 17.5 Å². The average molecular weight is 430 g/mol. The number of aryl methyl sites for hydroxylation is 1. The monoisotopic (exact) mass is 430 g/mol. The van der Waals surface area contributed by atoms with Gasteiger partial charge in [0, 0.05) is 12.0 Å². The van der Waals surface area contributed by atoms with Crippen molar-refractivity contribution in [1.29, 1.82) is 0 Å². The molecule has 0 aromatic heterocycles. The lowest BCUT2D eigenvalue weighted by atomic mass is 9.72. The van der Waals surface area contributed by atoms with E-state index in [4.69, 9.17) is 23.7 Å². The second kappa shape index (κ2) is 7.57. The number of carbonyl (C=O) groups is 2. The van der Waals surface area contributed by atoms with E-state index in [1.54, 1.807) is 18.2 Å². The van der Waals surface area contributed by atoms with Gasteiger partial charge >= 0.3 is 11.9 Å². The van der Waals surface area contributed by atoms with E-state index in [0.717, 1.165) is 11.1 Å². The van der Waals surface area contributed by atoms with Crippen LogP contribution in [0.5, 0.6) is 28.7 Å². The van der Waals surface area contributed by atoms with Crippen LogP contribution in [0.2, 0.25) is 0 Å². The first-order valence-corrected chi connectivity index (χ1v) is 9.57. The molecule has 1 heterocycles. The maximum atomic E-state index is 12.2. The molecule has 1 aliphatic heterocycles. The number of rotatable bonds is 5. The van der Waals surface area contributed by atoms with E-state index >= 15 is 0 Å². The fourth-order valence-corrected chi connectivity index (χ4v) is 4.28. The van der Waals surface area contributed by atoms with Crippen molar-refractivity contribution >= 4 is 11.9 Å². The second-order valence-corrected chi connectivity index (χ2v) is 7.41. The van der Waals surface area contributed by atoms with Crippen molar-refractivity contribution in [2.75, 3.05) is 28.1 Å². The first kappa shape index (κ1) is 20.6. The molecule has 0 fully saturated rings. The summed E-state index contributed by atoms with van der Waals surface area (Å²) in [6.45, 7) is 0.0718. The Balaban J connectivity index is 2.08. The van der Waals surface area contributed by atoms with Crippen molar-refractivity contribution in [3.05, 3.63) is 29.3 Å². The molecule has 0 unspecified atom stereocenters. The van der Waals surface area contributed by atoms with Gasteiger partial charge in [0.1, 0.15) is 0 Å². The van der Waals surface area contributed by atoms with E-state index in [1.807, 2.05) is 0 Å². The molecule has 9 heteroatoms. The smallest absolute Gasteiger partial charge is 0.321 e. The van der Waals surface area contributed by atoms with Crippen molar-refractivity contribution < 1.29 is 43.5 Å². The zero-order chi connectivity index (χ0) is 22.3. The molecule has 4 rings (SSSR count). The zero-order valence-corrected chi connectivity index (χ0v) is 17.3. The molecule has 2 aromatic rings. The Morgan fingerprint density at radius 3 is 2.13 bits per heavy atom. The lowest BCUT2D eigenvalue weighted by Gasteiger charge is -2.31. The summed E-state index contributed by atoms with van der Waals surface area (Å²) in [7, 11) is 4.37.